The standard InChI is InChI=1S/C22H23NO4/c1-10-5-4-6-11(2)19(10)27-22(26)12(3)23-20(24)17-13-7-8-14(16-9-15(13)16)18(17)21(23)25/h4-8,12-18H,9H2,1-3H3/t12-,13+,14+,15-,16+,17+,18-/m0/s1. The summed E-state index contributed by atoms with van der Waals surface area (Å²) >= 11 is 0. The first-order chi connectivity index (χ1) is 12.9. The van der Waals surface area contributed by atoms with E-state index in [2.05, 4.69) is 12.2 Å². The summed E-state index contributed by atoms with van der Waals surface area (Å²) < 4.78 is 5.60. The molecule has 0 spiro atoms. The molecule has 140 valence electrons. The van der Waals surface area contributed by atoms with Gasteiger partial charge in [0, 0.05) is 0 Å². The van der Waals surface area contributed by atoms with E-state index in [1.165, 1.54) is 4.90 Å². The van der Waals surface area contributed by atoms with Crippen molar-refractivity contribution in [3.8, 4) is 5.75 Å². The van der Waals surface area contributed by atoms with Gasteiger partial charge in [-0.3, -0.25) is 14.5 Å². The molecule has 5 nitrogen and oxygen atoms in total. The lowest BCUT2D eigenvalue weighted by molar-refractivity contribution is -0.152. The molecular weight excluding hydrogens is 342 g/mol. The van der Waals surface area contributed by atoms with Gasteiger partial charge in [-0.15, -0.1) is 0 Å². The van der Waals surface area contributed by atoms with Crippen molar-refractivity contribution < 1.29 is 19.1 Å². The summed E-state index contributed by atoms with van der Waals surface area (Å²) in [6.07, 6.45) is 5.39. The SMILES string of the molecule is Cc1cccc(C)c1OC(=O)[C@H](C)N1C(=O)[C@@H]2[C@@H]3C=C[C@H]([C@H]4C[C@@H]34)[C@@H]2C1=O. The van der Waals surface area contributed by atoms with Gasteiger partial charge in [-0.2, -0.15) is 0 Å². The Labute approximate surface area is 158 Å². The van der Waals surface area contributed by atoms with Gasteiger partial charge in [0.15, 0.2) is 0 Å². The van der Waals surface area contributed by atoms with Crippen molar-refractivity contribution in [2.24, 2.45) is 35.5 Å². The number of carbonyl (C=O) groups is 3. The van der Waals surface area contributed by atoms with Gasteiger partial charge in [0.25, 0.3) is 0 Å². The van der Waals surface area contributed by atoms with Gasteiger partial charge in [0.2, 0.25) is 11.8 Å². The number of benzene rings is 1. The molecule has 3 fully saturated rings. The number of hydrogen-bond donors (Lipinski definition) is 0. The van der Waals surface area contributed by atoms with Crippen LogP contribution in [0.15, 0.2) is 30.4 Å². The molecule has 5 aliphatic rings. The lowest BCUT2D eigenvalue weighted by atomic mass is 9.63. The molecule has 0 unspecified atom stereocenters. The third kappa shape index (κ3) is 2.20. The summed E-state index contributed by atoms with van der Waals surface area (Å²) in [6, 6.07) is 4.73. The highest BCUT2D eigenvalue weighted by atomic mass is 16.5. The highest BCUT2D eigenvalue weighted by Crippen LogP contribution is 2.65. The summed E-state index contributed by atoms with van der Waals surface area (Å²) in [7, 11) is 0. The van der Waals surface area contributed by atoms with Crippen LogP contribution in [0.25, 0.3) is 0 Å². The molecule has 1 heterocycles. The number of nitrogens with zero attached hydrogens (tertiary/aromatic N) is 1. The van der Waals surface area contributed by atoms with Crippen LogP contribution in [-0.4, -0.2) is 28.7 Å². The molecular formula is C22H23NO4. The van der Waals surface area contributed by atoms with Gasteiger partial charge in [-0.25, -0.2) is 4.79 Å². The monoisotopic (exact) mass is 365 g/mol. The number of hydrogen-bond acceptors (Lipinski definition) is 4. The van der Waals surface area contributed by atoms with Crippen molar-refractivity contribution in [2.75, 3.05) is 0 Å². The van der Waals surface area contributed by atoms with Gasteiger partial charge in [-0.05, 0) is 62.0 Å². The maximum absolute atomic E-state index is 13.1. The number of amides is 2. The summed E-state index contributed by atoms with van der Waals surface area (Å²) in [4.78, 5) is 40.2. The molecule has 2 saturated carbocycles. The molecule has 1 aromatic rings. The number of esters is 1. The zero-order chi connectivity index (χ0) is 19.0. The fourth-order valence-corrected chi connectivity index (χ4v) is 5.61. The van der Waals surface area contributed by atoms with Crippen LogP contribution in [0.2, 0.25) is 0 Å². The van der Waals surface area contributed by atoms with E-state index >= 15 is 0 Å². The van der Waals surface area contributed by atoms with Gasteiger partial charge in [0.05, 0.1) is 11.8 Å². The zero-order valence-corrected chi connectivity index (χ0v) is 15.7. The predicted molar refractivity (Wildman–Crippen MR) is 97.6 cm³/mol. The van der Waals surface area contributed by atoms with Gasteiger partial charge in [0.1, 0.15) is 11.8 Å². The maximum atomic E-state index is 13.1. The van der Waals surface area contributed by atoms with Crippen molar-refractivity contribution in [3.05, 3.63) is 41.5 Å². The number of carbonyl (C=O) groups excluding carboxylic acids is 3. The number of rotatable bonds is 3. The molecule has 2 amide bonds. The average molecular weight is 365 g/mol. The first-order valence-electron chi connectivity index (χ1n) is 9.73. The minimum atomic E-state index is -0.912. The minimum Gasteiger partial charge on any atom is -0.424 e. The largest absolute Gasteiger partial charge is 0.424 e. The van der Waals surface area contributed by atoms with E-state index in [0.29, 0.717) is 17.6 Å². The van der Waals surface area contributed by atoms with Crippen LogP contribution in [0.5, 0.6) is 5.75 Å². The van der Waals surface area contributed by atoms with Crippen LogP contribution >= 0.6 is 0 Å². The van der Waals surface area contributed by atoms with E-state index in [-0.39, 0.29) is 35.5 Å². The van der Waals surface area contributed by atoms with E-state index in [9.17, 15) is 14.4 Å². The molecule has 1 aromatic carbocycles. The Kier molecular flexibility index (Phi) is 3.43. The second-order valence-corrected chi connectivity index (χ2v) is 8.52. The Bertz CT molecular complexity index is 847. The number of aryl methyl sites for hydroxylation is 2. The average Bonchev–Trinajstić information content (AvgIpc) is 3.42. The van der Waals surface area contributed by atoms with Crippen LogP contribution in [0.4, 0.5) is 0 Å². The van der Waals surface area contributed by atoms with Crippen molar-refractivity contribution in [1.82, 2.24) is 4.90 Å². The van der Waals surface area contributed by atoms with E-state index in [4.69, 9.17) is 4.74 Å². The molecule has 7 atom stereocenters. The normalized spacial score (nSPS) is 36.5. The summed E-state index contributed by atoms with van der Waals surface area (Å²) in [6.45, 7) is 5.34. The smallest absolute Gasteiger partial charge is 0.334 e. The Hall–Kier alpha value is -2.43. The highest BCUT2D eigenvalue weighted by Gasteiger charge is 2.67. The quantitative estimate of drug-likeness (QED) is 0.358. The molecule has 2 bridgehead atoms. The van der Waals surface area contributed by atoms with E-state index in [1.54, 1.807) is 6.92 Å². The summed E-state index contributed by atoms with van der Waals surface area (Å²) in [5.41, 5.74) is 1.70. The van der Waals surface area contributed by atoms with E-state index in [1.807, 2.05) is 32.0 Å². The van der Waals surface area contributed by atoms with Crippen LogP contribution in [0.1, 0.15) is 24.5 Å². The molecule has 0 aromatic heterocycles. The number of likely N-dealkylation sites (tertiary alicyclic amines) is 1. The molecule has 4 aliphatic carbocycles. The Balaban J connectivity index is 1.40. The topological polar surface area (TPSA) is 63.7 Å². The van der Waals surface area contributed by atoms with Crippen molar-refractivity contribution >= 4 is 17.8 Å². The molecule has 5 heteroatoms. The minimum absolute atomic E-state index is 0.160. The Morgan fingerprint density at radius 1 is 1.04 bits per heavy atom. The molecule has 6 rings (SSSR count). The number of allylic oxidation sites excluding steroid dienone is 2. The van der Waals surface area contributed by atoms with Crippen LogP contribution in [0.3, 0.4) is 0 Å². The lowest BCUT2D eigenvalue weighted by Crippen LogP contribution is -2.45. The fourth-order valence-electron chi connectivity index (χ4n) is 5.61. The molecule has 1 aliphatic heterocycles. The highest BCUT2D eigenvalue weighted by molar-refractivity contribution is 6.08. The summed E-state index contributed by atoms with van der Waals surface area (Å²) in [5, 5.41) is 0. The zero-order valence-electron chi connectivity index (χ0n) is 15.7. The van der Waals surface area contributed by atoms with Crippen molar-refractivity contribution in [3.63, 3.8) is 0 Å². The number of para-hydroxylation sites is 1. The third-order valence-corrected chi connectivity index (χ3v) is 7.04. The molecule has 27 heavy (non-hydrogen) atoms. The second kappa shape index (κ2) is 5.54. The second-order valence-electron chi connectivity index (χ2n) is 8.52. The summed E-state index contributed by atoms with van der Waals surface area (Å²) in [5.74, 6) is 0.415. The Morgan fingerprint density at radius 2 is 1.56 bits per heavy atom. The van der Waals surface area contributed by atoms with Gasteiger partial charge in [-0.1, -0.05) is 30.4 Å². The van der Waals surface area contributed by atoms with E-state index in [0.717, 1.165) is 17.5 Å². The van der Waals surface area contributed by atoms with Crippen LogP contribution in [-0.2, 0) is 14.4 Å². The third-order valence-electron chi connectivity index (χ3n) is 7.04. The van der Waals surface area contributed by atoms with E-state index < -0.39 is 12.0 Å². The number of imide groups is 1. The number of ether oxygens (including phenoxy) is 1. The lowest BCUT2D eigenvalue weighted by Gasteiger charge is -2.37. The predicted octanol–water partition coefficient (Wildman–Crippen LogP) is 2.65. The maximum Gasteiger partial charge on any atom is 0.334 e. The first-order valence-corrected chi connectivity index (χ1v) is 9.73. The van der Waals surface area contributed by atoms with Crippen LogP contribution in [0, 0.1) is 49.4 Å². The molecule has 1 saturated heterocycles. The molecule has 0 radical (unpaired) electrons. The van der Waals surface area contributed by atoms with Gasteiger partial charge >= 0.3 is 5.97 Å². The fraction of sp³-hybridized carbons (Fsp3) is 0.500. The van der Waals surface area contributed by atoms with Crippen molar-refractivity contribution in [2.45, 2.75) is 33.2 Å². The van der Waals surface area contributed by atoms with Gasteiger partial charge < -0.3 is 4.74 Å². The van der Waals surface area contributed by atoms with Crippen molar-refractivity contribution in [1.29, 1.82) is 0 Å². The van der Waals surface area contributed by atoms with Crippen LogP contribution < -0.4 is 4.74 Å². The first kappa shape index (κ1) is 16.7. The molecule has 0 N–H and O–H groups in total. The Morgan fingerprint density at radius 3 is 2.07 bits per heavy atom.